The van der Waals surface area contributed by atoms with Crippen LogP contribution < -0.4 is 16.1 Å². The van der Waals surface area contributed by atoms with E-state index in [4.69, 9.17) is 9.31 Å². The molecule has 2 saturated carbocycles. The van der Waals surface area contributed by atoms with E-state index in [1.165, 1.54) is 36.8 Å². The van der Waals surface area contributed by atoms with E-state index in [-0.39, 0.29) is 43.9 Å². The molecule has 2 aromatic carbocycles. The molecule has 7 heterocycles. The second-order valence-electron chi connectivity index (χ2n) is 17.1. The van der Waals surface area contributed by atoms with Crippen molar-refractivity contribution in [2.45, 2.75) is 103 Å². The van der Waals surface area contributed by atoms with Gasteiger partial charge in [-0.3, -0.25) is 0 Å². The predicted octanol–water partition coefficient (Wildman–Crippen LogP) is 11.2. The third kappa shape index (κ3) is 10.4. The Morgan fingerprint density at radius 3 is 1.60 bits per heavy atom. The molecule has 63 heavy (non-hydrogen) atoms. The lowest BCUT2D eigenvalue weighted by Crippen LogP contribution is -2.41. The van der Waals surface area contributed by atoms with Gasteiger partial charge in [0.2, 0.25) is 0 Å². The van der Waals surface area contributed by atoms with Crippen molar-refractivity contribution in [1.29, 1.82) is 0 Å². The largest absolute Gasteiger partial charge is 0.494 e. The van der Waals surface area contributed by atoms with E-state index in [2.05, 4.69) is 187 Å². The van der Waals surface area contributed by atoms with Gasteiger partial charge in [-0.05, 0) is 129 Å². The average Bonchev–Trinajstić information content (AvgIpc) is 3.98. The molecule has 8 aromatic rings. The van der Waals surface area contributed by atoms with Gasteiger partial charge in [-0.2, -0.15) is 13.5 Å². The number of thiophene rings is 2. The molecule has 11 rings (SSSR count). The quantitative estimate of drug-likeness (QED) is 0.101. The number of hydrogen-bond donors (Lipinski definition) is 2. The number of benzene rings is 2. The third-order valence-corrected chi connectivity index (χ3v) is 14.2. The Morgan fingerprint density at radius 1 is 0.651 bits per heavy atom. The van der Waals surface area contributed by atoms with Crippen molar-refractivity contribution >= 4 is 103 Å². The molecular weight excluding hydrogens is 958 g/mol. The van der Waals surface area contributed by atoms with Crippen LogP contribution in [0.4, 0.5) is 11.6 Å². The van der Waals surface area contributed by atoms with Crippen molar-refractivity contribution in [1.82, 2.24) is 39.0 Å². The van der Waals surface area contributed by atoms with Gasteiger partial charge < -0.3 is 29.1 Å². The molecule has 2 atom stereocenters. The smallest absolute Gasteiger partial charge is 0.399 e. The lowest BCUT2D eigenvalue weighted by molar-refractivity contribution is 0.00578. The molecule has 6 aromatic heterocycles. The highest BCUT2D eigenvalue weighted by Crippen LogP contribution is 2.38. The number of anilines is 2. The van der Waals surface area contributed by atoms with Crippen LogP contribution in [0.15, 0.2) is 109 Å². The van der Waals surface area contributed by atoms with E-state index in [9.17, 15) is 0 Å². The molecule has 3 fully saturated rings. The molecule has 0 spiro atoms. The van der Waals surface area contributed by atoms with Crippen molar-refractivity contribution in [2.75, 3.05) is 10.6 Å². The van der Waals surface area contributed by atoms with Crippen LogP contribution in [0.25, 0.3) is 31.7 Å². The summed E-state index contributed by atoms with van der Waals surface area (Å²) in [5, 5.41) is 13.2. The first-order valence-corrected chi connectivity index (χ1v) is 23.9. The summed E-state index contributed by atoms with van der Waals surface area (Å²) < 4.78 is 17.8. The van der Waals surface area contributed by atoms with Gasteiger partial charge in [-0.15, -0.1) is 22.7 Å². The molecule has 2 aliphatic carbocycles. The lowest BCUT2D eigenvalue weighted by atomic mass is 9.78. The molecule has 1 saturated heterocycles. The number of nitrogens with zero attached hydrogens (tertiary/aromatic N) is 8. The van der Waals surface area contributed by atoms with Crippen molar-refractivity contribution in [3.8, 4) is 11.3 Å². The van der Waals surface area contributed by atoms with E-state index < -0.39 is 0 Å². The molecule has 17 heteroatoms. The maximum absolute atomic E-state index is 6.13. The van der Waals surface area contributed by atoms with E-state index in [0.29, 0.717) is 6.04 Å². The van der Waals surface area contributed by atoms with E-state index >= 15 is 0 Å². The normalized spacial score (nSPS) is 17.2. The zero-order chi connectivity index (χ0) is 43.0. The molecule has 3 aliphatic rings. The average molecular weight is 1010 g/mol. The molecule has 0 unspecified atom stereocenters. The van der Waals surface area contributed by atoms with Gasteiger partial charge in [0, 0.05) is 42.1 Å². The molecule has 0 amide bonds. The summed E-state index contributed by atoms with van der Waals surface area (Å²) in [5.41, 5.74) is 4.97. The van der Waals surface area contributed by atoms with Crippen LogP contribution in [0.5, 0.6) is 0 Å². The Bertz CT molecular complexity index is 2750. The maximum Gasteiger partial charge on any atom is 0.494 e. The van der Waals surface area contributed by atoms with Crippen LogP contribution in [-0.4, -0.2) is 57.4 Å². The Kier molecular flexibility index (Phi) is 13.6. The van der Waals surface area contributed by atoms with Gasteiger partial charge >= 0.3 is 7.12 Å². The summed E-state index contributed by atoms with van der Waals surface area (Å²) >= 11 is 5.48. The van der Waals surface area contributed by atoms with Gasteiger partial charge in [0.15, 0.2) is 0 Å². The lowest BCUT2D eigenvalue weighted by Gasteiger charge is -2.32. The third-order valence-electron chi connectivity index (χ3n) is 12.0. The van der Waals surface area contributed by atoms with Gasteiger partial charge in [0.1, 0.15) is 37.7 Å². The van der Waals surface area contributed by atoms with Crippen molar-refractivity contribution in [3.63, 3.8) is 0 Å². The minimum atomic E-state index is -0.334. The van der Waals surface area contributed by atoms with Crippen molar-refractivity contribution in [2.24, 2.45) is 0 Å². The number of fused-ring (bicyclic) bond motifs is 2. The molecule has 1 aliphatic heterocycles. The molecule has 2 N–H and O–H groups in total. The molecular formula is C46H52BIN10O2S3. The number of imidazole rings is 2. The molecule has 0 radical (unpaired) electrons. The fourth-order valence-corrected chi connectivity index (χ4v) is 9.10. The number of hydrogen-bond acceptors (Lipinski definition) is 12. The minimum Gasteiger partial charge on any atom is -0.399 e. The van der Waals surface area contributed by atoms with Crippen LogP contribution in [0.2, 0.25) is 0 Å². The SMILES string of the molecule is C[C@H](Nc1ncnc2sccc12)c1ccc(-c2cn(C3CC3)cn2)cc1.C[C@H](Nc1ncnc2sccc12)c1ccc(B2OC(C)(C)C(C)(C)O2)cc1.Ic1cn(C2CC2)cn1.S. The Morgan fingerprint density at radius 2 is 1.13 bits per heavy atom. The van der Waals surface area contributed by atoms with Gasteiger partial charge in [-0.1, -0.05) is 48.5 Å². The van der Waals surface area contributed by atoms with Crippen LogP contribution in [0.1, 0.15) is 103 Å². The Balaban J connectivity index is 0.000000142. The second kappa shape index (κ2) is 19.0. The van der Waals surface area contributed by atoms with Gasteiger partial charge in [-0.25, -0.2) is 29.9 Å². The fourth-order valence-electron chi connectivity index (χ4n) is 7.19. The van der Waals surface area contributed by atoms with E-state index in [1.54, 1.807) is 35.3 Å². The summed E-state index contributed by atoms with van der Waals surface area (Å²) in [7, 11) is -0.334. The van der Waals surface area contributed by atoms with Gasteiger partial charge in [0.25, 0.3) is 0 Å². The highest BCUT2D eigenvalue weighted by molar-refractivity contribution is 14.1. The monoisotopic (exact) mass is 1010 g/mol. The first kappa shape index (κ1) is 45.2. The highest BCUT2D eigenvalue weighted by atomic mass is 127. The predicted molar refractivity (Wildman–Crippen MR) is 271 cm³/mol. The van der Waals surface area contributed by atoms with Crippen LogP contribution in [0, 0.1) is 3.70 Å². The first-order valence-electron chi connectivity index (χ1n) is 21.1. The standard InChI is InChI=1S/C20H24BN3O2S.C20H19N5S.C6H7IN2.H2S/c1-13(24-17-16-10-11-27-18(16)23-12-22-17)14-6-8-15(9-7-14)21-25-19(2,3)20(4,5)26-21;1-13(24-19-17-8-9-26-20(17)22-11-21-19)14-2-4-15(5-3-14)18-10-25(12-23-18)16-6-7-16;7-6-3-9(4-8-6)5-1-2-5;/h6-13H,1-5H3,(H,22,23,24);2-5,8-13,16H,6-7H2,1H3,(H,21,22,24);3-5H,1-2H2;1H2/t2*13-;;/m00../s1. The Hall–Kier alpha value is -4.40. The number of rotatable bonds is 10. The van der Waals surface area contributed by atoms with Gasteiger partial charge in [0.05, 0.1) is 40.3 Å². The zero-order valence-electron chi connectivity index (χ0n) is 36.2. The van der Waals surface area contributed by atoms with E-state index in [0.717, 1.165) is 58.5 Å². The van der Waals surface area contributed by atoms with Crippen molar-refractivity contribution in [3.05, 3.63) is 124 Å². The minimum absolute atomic E-state index is 0. The molecule has 0 bridgehead atoms. The van der Waals surface area contributed by atoms with Crippen molar-refractivity contribution < 1.29 is 9.31 Å². The maximum atomic E-state index is 6.13. The molecule has 12 nitrogen and oxygen atoms in total. The highest BCUT2D eigenvalue weighted by Gasteiger charge is 2.51. The number of nitrogens with one attached hydrogen (secondary N) is 2. The summed E-state index contributed by atoms with van der Waals surface area (Å²) in [4.78, 5) is 28.1. The first-order chi connectivity index (χ1) is 29.9. The molecule has 326 valence electrons. The summed E-state index contributed by atoms with van der Waals surface area (Å²) in [6.45, 7) is 12.6. The number of aromatic nitrogens is 8. The second-order valence-corrected chi connectivity index (χ2v) is 20.0. The van der Waals surface area contributed by atoms with Crippen LogP contribution in [-0.2, 0) is 9.31 Å². The zero-order valence-corrected chi connectivity index (χ0v) is 41.0. The van der Waals surface area contributed by atoms with E-state index in [1.807, 2.05) is 23.4 Å². The number of halogens is 1. The van der Waals surface area contributed by atoms with Crippen LogP contribution >= 0.6 is 58.8 Å². The Labute approximate surface area is 397 Å². The van der Waals surface area contributed by atoms with Crippen LogP contribution in [0.3, 0.4) is 0 Å². The summed E-state index contributed by atoms with van der Waals surface area (Å²) in [5.74, 6) is 1.75. The fraction of sp³-hybridized carbons (Fsp3) is 0.348. The summed E-state index contributed by atoms with van der Waals surface area (Å²) in [6, 6.07) is 22.8. The topological polar surface area (TPSA) is 130 Å². The summed E-state index contributed by atoms with van der Waals surface area (Å²) in [6.07, 6.45) is 16.6.